The minimum absolute atomic E-state index is 0.492. The second kappa shape index (κ2) is 5.00. The molecule has 2 aromatic rings. The lowest BCUT2D eigenvalue weighted by Gasteiger charge is -2.08. The van der Waals surface area contributed by atoms with E-state index in [1.165, 1.54) is 0 Å². The van der Waals surface area contributed by atoms with Gasteiger partial charge in [0.2, 0.25) is 0 Å². The Hall–Kier alpha value is -0.830. The first-order valence-electron chi connectivity index (χ1n) is 4.95. The number of hydrogen-bond acceptors (Lipinski definition) is 1. The van der Waals surface area contributed by atoms with Crippen LogP contribution in [0.3, 0.4) is 0 Å². The topological polar surface area (TPSA) is 26.0 Å². The zero-order valence-electron chi connectivity index (χ0n) is 8.58. The summed E-state index contributed by atoms with van der Waals surface area (Å²) in [4.78, 5) is 0. The Bertz CT molecular complexity index is 494. The highest BCUT2D eigenvalue weighted by atomic mass is 79.9. The first-order chi connectivity index (χ1) is 7.70. The molecule has 0 radical (unpaired) electrons. The minimum Gasteiger partial charge on any atom is -0.326 e. The Balaban J connectivity index is 2.51. The van der Waals surface area contributed by atoms with Crippen LogP contribution in [-0.4, -0.2) is 0 Å². The number of halogens is 2. The number of hydrogen-bond donors (Lipinski definition) is 1. The molecule has 0 fully saturated rings. The van der Waals surface area contributed by atoms with Crippen molar-refractivity contribution in [2.45, 2.75) is 6.54 Å². The van der Waals surface area contributed by atoms with Gasteiger partial charge in [0.1, 0.15) is 0 Å². The maximum Gasteiger partial charge on any atom is 0.0409 e. The van der Waals surface area contributed by atoms with E-state index < -0.39 is 0 Å². The molecule has 0 aliphatic carbocycles. The fraction of sp³-hybridized carbons (Fsp3) is 0.0769. The lowest BCUT2D eigenvalue weighted by molar-refractivity contribution is 1.07. The van der Waals surface area contributed by atoms with E-state index >= 15 is 0 Å². The van der Waals surface area contributed by atoms with Crippen molar-refractivity contribution in [2.24, 2.45) is 5.73 Å². The fourth-order valence-corrected chi connectivity index (χ4v) is 2.10. The van der Waals surface area contributed by atoms with E-state index in [2.05, 4.69) is 28.1 Å². The summed E-state index contributed by atoms with van der Waals surface area (Å²) in [6.07, 6.45) is 0. The predicted molar refractivity (Wildman–Crippen MR) is 72.5 cm³/mol. The molecule has 0 atom stereocenters. The molecule has 82 valence electrons. The molecular weight excluding hydrogens is 286 g/mol. The molecule has 0 aromatic heterocycles. The van der Waals surface area contributed by atoms with Crippen molar-refractivity contribution in [3.05, 3.63) is 57.5 Å². The third-order valence-corrected chi connectivity index (χ3v) is 3.21. The summed E-state index contributed by atoms with van der Waals surface area (Å²) in [6, 6.07) is 14.0. The summed E-state index contributed by atoms with van der Waals surface area (Å²) in [7, 11) is 0. The summed E-state index contributed by atoms with van der Waals surface area (Å²) in [5.41, 5.74) is 9.07. The molecule has 3 heteroatoms. The van der Waals surface area contributed by atoms with E-state index in [1.54, 1.807) is 0 Å². The summed E-state index contributed by atoms with van der Waals surface area (Å²) in [5.74, 6) is 0. The van der Waals surface area contributed by atoms with Crippen molar-refractivity contribution in [1.82, 2.24) is 0 Å². The molecule has 0 bridgehead atoms. The first-order valence-corrected chi connectivity index (χ1v) is 6.12. The van der Waals surface area contributed by atoms with Gasteiger partial charge in [-0.15, -0.1) is 0 Å². The molecule has 2 rings (SSSR count). The maximum absolute atomic E-state index is 5.95. The van der Waals surface area contributed by atoms with E-state index in [1.807, 2.05) is 30.3 Å². The van der Waals surface area contributed by atoms with Crippen LogP contribution in [0.4, 0.5) is 0 Å². The van der Waals surface area contributed by atoms with Crippen molar-refractivity contribution >= 4 is 27.5 Å². The highest BCUT2D eigenvalue weighted by Crippen LogP contribution is 2.27. The number of rotatable bonds is 2. The van der Waals surface area contributed by atoms with Crippen molar-refractivity contribution in [1.29, 1.82) is 0 Å². The molecule has 1 nitrogen and oxygen atoms in total. The quantitative estimate of drug-likeness (QED) is 0.882. The predicted octanol–water partition coefficient (Wildman–Crippen LogP) is 4.23. The van der Waals surface area contributed by atoms with Crippen LogP contribution >= 0.6 is 27.5 Å². The zero-order valence-corrected chi connectivity index (χ0v) is 10.9. The number of benzene rings is 2. The first kappa shape index (κ1) is 11.6. The molecule has 2 aromatic carbocycles. The van der Waals surface area contributed by atoms with Gasteiger partial charge in [-0.3, -0.25) is 0 Å². The normalized spacial score (nSPS) is 10.4. The Labute approximate surface area is 108 Å². The van der Waals surface area contributed by atoms with E-state index in [9.17, 15) is 0 Å². The highest BCUT2D eigenvalue weighted by molar-refractivity contribution is 9.10. The summed E-state index contributed by atoms with van der Waals surface area (Å²) in [6.45, 7) is 0.492. The van der Waals surface area contributed by atoms with Crippen LogP contribution in [0.2, 0.25) is 5.02 Å². The standard InChI is InChI=1S/C13H11BrClN/c14-11-3-1-9(2-4-11)13-6-5-12(15)7-10(13)8-16/h1-7H,8,16H2. The van der Waals surface area contributed by atoms with E-state index in [4.69, 9.17) is 17.3 Å². The average Bonchev–Trinajstić information content (AvgIpc) is 2.30. The molecule has 0 spiro atoms. The molecule has 0 aliphatic heterocycles. The Kier molecular flexibility index (Phi) is 3.64. The van der Waals surface area contributed by atoms with Crippen molar-refractivity contribution in [2.75, 3.05) is 0 Å². The second-order valence-corrected chi connectivity index (χ2v) is 4.86. The molecule has 0 amide bonds. The van der Waals surface area contributed by atoms with Gasteiger partial charge in [-0.05, 0) is 41.0 Å². The van der Waals surface area contributed by atoms with Crippen LogP contribution < -0.4 is 5.73 Å². The van der Waals surface area contributed by atoms with E-state index in [-0.39, 0.29) is 0 Å². The lowest BCUT2D eigenvalue weighted by atomic mass is 10.00. The number of nitrogens with two attached hydrogens (primary N) is 1. The minimum atomic E-state index is 0.492. The zero-order chi connectivity index (χ0) is 11.5. The van der Waals surface area contributed by atoms with E-state index in [0.29, 0.717) is 6.54 Å². The summed E-state index contributed by atoms with van der Waals surface area (Å²) < 4.78 is 1.07. The monoisotopic (exact) mass is 295 g/mol. The van der Waals surface area contributed by atoms with Crippen LogP contribution in [-0.2, 0) is 6.54 Å². The maximum atomic E-state index is 5.95. The SMILES string of the molecule is NCc1cc(Cl)ccc1-c1ccc(Br)cc1. The summed E-state index contributed by atoms with van der Waals surface area (Å²) in [5, 5.41) is 0.723. The van der Waals surface area contributed by atoms with Gasteiger partial charge in [0.25, 0.3) is 0 Å². The van der Waals surface area contributed by atoms with Crippen molar-refractivity contribution in [3.8, 4) is 11.1 Å². The Morgan fingerprint density at radius 3 is 2.38 bits per heavy atom. The third kappa shape index (κ3) is 2.46. The van der Waals surface area contributed by atoms with Gasteiger partial charge >= 0.3 is 0 Å². The Morgan fingerprint density at radius 2 is 1.75 bits per heavy atom. The average molecular weight is 297 g/mol. The largest absolute Gasteiger partial charge is 0.326 e. The van der Waals surface area contributed by atoms with Gasteiger partial charge in [-0.2, -0.15) is 0 Å². The molecule has 0 saturated carbocycles. The molecule has 0 unspecified atom stereocenters. The van der Waals surface area contributed by atoms with Gasteiger partial charge in [-0.1, -0.05) is 45.7 Å². The fourth-order valence-electron chi connectivity index (χ4n) is 1.64. The smallest absolute Gasteiger partial charge is 0.0409 e. The van der Waals surface area contributed by atoms with Crippen LogP contribution in [0.15, 0.2) is 46.9 Å². The summed E-state index contributed by atoms with van der Waals surface area (Å²) >= 11 is 9.36. The molecule has 2 N–H and O–H groups in total. The third-order valence-electron chi connectivity index (χ3n) is 2.44. The second-order valence-electron chi connectivity index (χ2n) is 3.51. The van der Waals surface area contributed by atoms with Gasteiger partial charge in [0.15, 0.2) is 0 Å². The van der Waals surface area contributed by atoms with E-state index in [0.717, 1.165) is 26.2 Å². The van der Waals surface area contributed by atoms with Gasteiger partial charge in [0.05, 0.1) is 0 Å². The molecule has 0 aliphatic rings. The van der Waals surface area contributed by atoms with Crippen LogP contribution in [0.1, 0.15) is 5.56 Å². The van der Waals surface area contributed by atoms with Gasteiger partial charge in [-0.25, -0.2) is 0 Å². The van der Waals surface area contributed by atoms with Crippen molar-refractivity contribution in [3.63, 3.8) is 0 Å². The molecule has 16 heavy (non-hydrogen) atoms. The Morgan fingerprint density at radius 1 is 1.06 bits per heavy atom. The van der Waals surface area contributed by atoms with Crippen LogP contribution in [0.5, 0.6) is 0 Å². The van der Waals surface area contributed by atoms with Crippen LogP contribution in [0.25, 0.3) is 11.1 Å². The van der Waals surface area contributed by atoms with Crippen LogP contribution in [0, 0.1) is 0 Å². The molecular formula is C13H11BrClN. The molecule has 0 saturated heterocycles. The lowest BCUT2D eigenvalue weighted by Crippen LogP contribution is -1.98. The van der Waals surface area contributed by atoms with Gasteiger partial charge in [0, 0.05) is 16.0 Å². The molecule has 0 heterocycles. The van der Waals surface area contributed by atoms with Crippen molar-refractivity contribution < 1.29 is 0 Å². The van der Waals surface area contributed by atoms with Gasteiger partial charge < -0.3 is 5.73 Å². The highest BCUT2D eigenvalue weighted by Gasteiger charge is 2.04.